The van der Waals surface area contributed by atoms with Crippen LogP contribution in [0.5, 0.6) is 11.5 Å². The fraction of sp³-hybridized carbons (Fsp3) is 0.222. The predicted octanol–water partition coefficient (Wildman–Crippen LogP) is 5.54. The number of nitro benzene ring substituents is 1. The van der Waals surface area contributed by atoms with Crippen molar-refractivity contribution in [2.45, 2.75) is 32.3 Å². The minimum absolute atomic E-state index is 0.0273. The first-order valence-electron chi connectivity index (χ1n) is 11.5. The lowest BCUT2D eigenvalue weighted by Crippen LogP contribution is -2.13. The second-order valence-corrected chi connectivity index (χ2v) is 9.38. The Morgan fingerprint density at radius 1 is 1.19 bits per heavy atom. The van der Waals surface area contributed by atoms with Crippen LogP contribution >= 0.6 is 11.3 Å². The zero-order chi connectivity index (χ0) is 26.4. The highest BCUT2D eigenvalue weighted by Gasteiger charge is 2.23. The van der Waals surface area contributed by atoms with Crippen LogP contribution in [0.1, 0.15) is 40.0 Å². The van der Waals surface area contributed by atoms with Crippen LogP contribution in [0.15, 0.2) is 48.0 Å². The van der Waals surface area contributed by atoms with Gasteiger partial charge >= 0.3 is 0 Å². The highest BCUT2D eigenvalue weighted by molar-refractivity contribution is 7.16. The molecule has 0 saturated heterocycles. The molecule has 0 saturated carbocycles. The van der Waals surface area contributed by atoms with Crippen LogP contribution in [-0.4, -0.2) is 17.9 Å². The number of anilines is 1. The topological polar surface area (TPSA) is 138 Å². The highest BCUT2D eigenvalue weighted by atomic mass is 32.1. The lowest BCUT2D eigenvalue weighted by molar-refractivity contribution is -0.384. The van der Waals surface area contributed by atoms with E-state index in [-0.39, 0.29) is 17.9 Å². The van der Waals surface area contributed by atoms with Gasteiger partial charge < -0.3 is 14.8 Å². The molecule has 1 heterocycles. The number of thiophene rings is 1. The summed E-state index contributed by atoms with van der Waals surface area (Å²) >= 11 is 1.40. The molecule has 0 radical (unpaired) electrons. The number of benzene rings is 2. The van der Waals surface area contributed by atoms with Crippen molar-refractivity contribution in [3.63, 3.8) is 0 Å². The van der Waals surface area contributed by atoms with E-state index < -0.39 is 10.8 Å². The second kappa shape index (κ2) is 11.4. The SMILES string of the molecule is COc1cc(/C=C(\C#N)C(=O)Nc2sc3c(c2C#N)CCCC3)ccc1OCc1cccc([N+](=O)[O-])c1. The number of nitriles is 2. The Morgan fingerprint density at radius 3 is 2.73 bits per heavy atom. The van der Waals surface area contributed by atoms with Crippen molar-refractivity contribution in [2.75, 3.05) is 12.4 Å². The Kier molecular flexibility index (Phi) is 7.82. The standard InChI is InChI=1S/C27H22N4O5S/c1-35-24-13-17(9-10-23(24)36-16-18-5-4-6-20(12-18)31(33)34)11-19(14-28)26(32)30-27-22(15-29)21-7-2-3-8-25(21)37-27/h4-6,9-13H,2-3,7-8,16H2,1H3,(H,30,32)/b19-11+. The van der Waals surface area contributed by atoms with Gasteiger partial charge in [0, 0.05) is 17.0 Å². The minimum atomic E-state index is -0.595. The lowest BCUT2D eigenvalue weighted by Gasteiger charge is -2.11. The van der Waals surface area contributed by atoms with E-state index in [4.69, 9.17) is 9.47 Å². The Bertz CT molecular complexity index is 1480. The number of carbonyl (C=O) groups excluding carboxylic acids is 1. The maximum atomic E-state index is 12.9. The molecule has 10 heteroatoms. The lowest BCUT2D eigenvalue weighted by atomic mass is 9.96. The number of nitrogens with zero attached hydrogens (tertiary/aromatic N) is 3. The Hall–Kier alpha value is -4.67. The van der Waals surface area contributed by atoms with Gasteiger partial charge in [-0.2, -0.15) is 10.5 Å². The highest BCUT2D eigenvalue weighted by Crippen LogP contribution is 2.38. The van der Waals surface area contributed by atoms with Crippen LogP contribution in [-0.2, 0) is 24.2 Å². The summed E-state index contributed by atoms with van der Waals surface area (Å²) in [4.78, 5) is 24.5. The number of ether oxygens (including phenoxy) is 2. The molecule has 3 aromatic rings. The molecule has 0 unspecified atom stereocenters. The van der Waals surface area contributed by atoms with E-state index in [1.807, 2.05) is 6.07 Å². The molecule has 1 aromatic heterocycles. The van der Waals surface area contributed by atoms with Crippen molar-refractivity contribution in [3.05, 3.63) is 85.3 Å². The molecular formula is C27H22N4O5S. The van der Waals surface area contributed by atoms with Crippen LogP contribution in [0.4, 0.5) is 10.7 Å². The Morgan fingerprint density at radius 2 is 2.00 bits per heavy atom. The maximum Gasteiger partial charge on any atom is 0.269 e. The van der Waals surface area contributed by atoms with Gasteiger partial charge in [0.15, 0.2) is 11.5 Å². The van der Waals surface area contributed by atoms with Gasteiger partial charge in [0.05, 0.1) is 17.6 Å². The predicted molar refractivity (Wildman–Crippen MR) is 138 cm³/mol. The van der Waals surface area contributed by atoms with Crippen LogP contribution in [0.2, 0.25) is 0 Å². The first-order chi connectivity index (χ1) is 17.9. The summed E-state index contributed by atoms with van der Waals surface area (Å²) in [6, 6.07) is 15.2. The summed E-state index contributed by atoms with van der Waals surface area (Å²) in [5.41, 5.74) is 2.50. The number of rotatable bonds is 8. The Balaban J connectivity index is 1.50. The third-order valence-corrected chi connectivity index (χ3v) is 7.10. The molecule has 2 aromatic carbocycles. The quantitative estimate of drug-likeness (QED) is 0.180. The summed E-state index contributed by atoms with van der Waals surface area (Å²) in [6.07, 6.45) is 5.22. The van der Waals surface area contributed by atoms with Crippen molar-refractivity contribution in [1.82, 2.24) is 0 Å². The third-order valence-electron chi connectivity index (χ3n) is 5.89. The molecule has 9 nitrogen and oxygen atoms in total. The van der Waals surface area contributed by atoms with Crippen molar-refractivity contribution in [3.8, 4) is 23.6 Å². The molecule has 0 fully saturated rings. The van der Waals surface area contributed by atoms with Crippen molar-refractivity contribution in [2.24, 2.45) is 0 Å². The first-order valence-corrected chi connectivity index (χ1v) is 12.3. The van der Waals surface area contributed by atoms with Crippen LogP contribution in [0.25, 0.3) is 6.08 Å². The number of hydrogen-bond acceptors (Lipinski definition) is 8. The third kappa shape index (κ3) is 5.77. The van der Waals surface area contributed by atoms with Gasteiger partial charge in [0.1, 0.15) is 29.3 Å². The zero-order valence-corrected chi connectivity index (χ0v) is 20.8. The molecule has 1 N–H and O–H groups in total. The molecule has 0 spiro atoms. The molecule has 1 amide bonds. The number of methoxy groups -OCH3 is 1. The van der Waals surface area contributed by atoms with E-state index >= 15 is 0 Å². The van der Waals surface area contributed by atoms with Gasteiger partial charge in [-0.3, -0.25) is 14.9 Å². The molecule has 1 aliphatic carbocycles. The fourth-order valence-corrected chi connectivity index (χ4v) is 5.31. The average Bonchev–Trinajstić information content (AvgIpc) is 3.27. The smallest absolute Gasteiger partial charge is 0.269 e. The maximum absolute atomic E-state index is 12.9. The number of fused-ring (bicyclic) bond motifs is 1. The largest absolute Gasteiger partial charge is 0.493 e. The Labute approximate surface area is 217 Å². The summed E-state index contributed by atoms with van der Waals surface area (Å²) in [7, 11) is 1.46. The van der Waals surface area contributed by atoms with Crippen LogP contribution in [0.3, 0.4) is 0 Å². The van der Waals surface area contributed by atoms with Gasteiger partial charge in [-0.05, 0) is 60.6 Å². The number of nitro groups is 1. The van der Waals surface area contributed by atoms with E-state index in [1.165, 1.54) is 36.7 Å². The molecule has 0 bridgehead atoms. The summed E-state index contributed by atoms with van der Waals surface area (Å²) < 4.78 is 11.2. The van der Waals surface area contributed by atoms with Crippen molar-refractivity contribution < 1.29 is 19.2 Å². The molecule has 37 heavy (non-hydrogen) atoms. The van der Waals surface area contributed by atoms with Crippen LogP contribution < -0.4 is 14.8 Å². The van der Waals surface area contributed by atoms with Crippen LogP contribution in [0, 0.1) is 32.8 Å². The summed E-state index contributed by atoms with van der Waals surface area (Å²) in [5, 5.41) is 33.4. The van der Waals surface area contributed by atoms with Gasteiger partial charge in [-0.1, -0.05) is 18.2 Å². The second-order valence-electron chi connectivity index (χ2n) is 8.28. The number of carbonyl (C=O) groups is 1. The van der Waals surface area contributed by atoms with E-state index in [1.54, 1.807) is 30.3 Å². The number of non-ortho nitro benzene ring substituents is 1. The van der Waals surface area contributed by atoms with E-state index in [9.17, 15) is 25.4 Å². The van der Waals surface area contributed by atoms with Crippen molar-refractivity contribution in [1.29, 1.82) is 10.5 Å². The molecule has 186 valence electrons. The van der Waals surface area contributed by atoms with Gasteiger partial charge in [-0.25, -0.2) is 0 Å². The van der Waals surface area contributed by atoms with Gasteiger partial charge in [-0.15, -0.1) is 11.3 Å². The molecule has 4 rings (SSSR count). The van der Waals surface area contributed by atoms with Gasteiger partial charge in [0.25, 0.3) is 11.6 Å². The van der Waals surface area contributed by atoms with E-state index in [0.717, 1.165) is 36.1 Å². The average molecular weight is 515 g/mol. The van der Waals surface area contributed by atoms with E-state index in [2.05, 4.69) is 11.4 Å². The van der Waals surface area contributed by atoms with Gasteiger partial charge in [0.2, 0.25) is 0 Å². The molecule has 1 aliphatic rings. The zero-order valence-electron chi connectivity index (χ0n) is 19.9. The molecular weight excluding hydrogens is 492 g/mol. The number of amides is 1. The normalized spacial score (nSPS) is 12.6. The fourth-order valence-electron chi connectivity index (χ4n) is 4.07. The summed E-state index contributed by atoms with van der Waals surface area (Å²) in [6.45, 7) is 0.0884. The summed E-state index contributed by atoms with van der Waals surface area (Å²) in [5.74, 6) is 0.175. The minimum Gasteiger partial charge on any atom is -0.493 e. The van der Waals surface area contributed by atoms with E-state index in [0.29, 0.717) is 33.2 Å². The van der Waals surface area contributed by atoms with Crippen molar-refractivity contribution >= 4 is 34.0 Å². The molecule has 0 atom stereocenters. The number of aryl methyl sites for hydroxylation is 1. The molecule has 0 aliphatic heterocycles. The first kappa shape index (κ1) is 25.4. The number of nitrogens with one attached hydrogen (secondary N) is 1. The monoisotopic (exact) mass is 514 g/mol. The number of hydrogen-bond donors (Lipinski definition) is 1.